The van der Waals surface area contributed by atoms with Crippen LogP contribution in [-0.2, 0) is 4.74 Å². The first kappa shape index (κ1) is 13.7. The van der Waals surface area contributed by atoms with E-state index in [9.17, 15) is 14.9 Å². The first-order valence-electron chi connectivity index (χ1n) is 5.90. The van der Waals surface area contributed by atoms with Crippen LogP contribution in [-0.4, -0.2) is 22.5 Å². The summed E-state index contributed by atoms with van der Waals surface area (Å²) in [5, 5.41) is 11.1. The summed E-state index contributed by atoms with van der Waals surface area (Å²) in [7, 11) is 0. The van der Waals surface area contributed by atoms with Crippen LogP contribution in [0.1, 0.15) is 23.0 Å². The van der Waals surface area contributed by atoms with Crippen molar-refractivity contribution in [3.8, 4) is 11.3 Å². The molecule has 0 aliphatic rings. The molecule has 0 amide bonds. The minimum Gasteiger partial charge on any atom is -0.461 e. The molecular formula is C13H12N2O5. The van der Waals surface area contributed by atoms with Crippen molar-refractivity contribution in [2.75, 3.05) is 6.61 Å². The van der Waals surface area contributed by atoms with Crippen LogP contribution in [0, 0.1) is 17.0 Å². The van der Waals surface area contributed by atoms with Crippen LogP contribution in [0.25, 0.3) is 11.3 Å². The maximum atomic E-state index is 11.8. The number of aromatic nitrogens is 1. The van der Waals surface area contributed by atoms with E-state index in [0.29, 0.717) is 0 Å². The van der Waals surface area contributed by atoms with Crippen molar-refractivity contribution >= 4 is 11.7 Å². The van der Waals surface area contributed by atoms with Crippen molar-refractivity contribution in [2.24, 2.45) is 0 Å². The second-order valence-corrected chi connectivity index (χ2v) is 4.03. The van der Waals surface area contributed by atoms with E-state index in [4.69, 9.17) is 9.15 Å². The van der Waals surface area contributed by atoms with Gasteiger partial charge in [0.25, 0.3) is 5.69 Å². The topological polar surface area (TPSA) is 95.5 Å². The molecule has 0 aliphatic heterocycles. The number of hydrogen-bond acceptors (Lipinski definition) is 6. The van der Waals surface area contributed by atoms with Gasteiger partial charge in [0.2, 0.25) is 0 Å². The van der Waals surface area contributed by atoms with E-state index in [1.807, 2.05) is 0 Å². The normalized spacial score (nSPS) is 10.3. The molecule has 0 N–H and O–H groups in total. The van der Waals surface area contributed by atoms with Crippen LogP contribution < -0.4 is 0 Å². The molecule has 0 atom stereocenters. The predicted molar refractivity (Wildman–Crippen MR) is 69.3 cm³/mol. The second-order valence-electron chi connectivity index (χ2n) is 4.03. The number of nitro benzene ring substituents is 1. The number of carbonyl (C=O) groups excluding carboxylic acids is 1. The lowest BCUT2D eigenvalue weighted by molar-refractivity contribution is -0.384. The fourth-order valence-corrected chi connectivity index (χ4v) is 1.77. The molecule has 0 radical (unpaired) electrons. The minimum atomic E-state index is -0.674. The van der Waals surface area contributed by atoms with Gasteiger partial charge < -0.3 is 9.15 Å². The lowest BCUT2D eigenvalue weighted by atomic mass is 10.1. The molecule has 0 unspecified atom stereocenters. The molecule has 0 bridgehead atoms. The Kier molecular flexibility index (Phi) is 3.79. The SMILES string of the molecule is CCOC(=O)c1ncoc1-c1cc(C)ccc1[N+](=O)[O-]. The highest BCUT2D eigenvalue weighted by molar-refractivity contribution is 5.94. The Morgan fingerprint density at radius 1 is 1.50 bits per heavy atom. The molecule has 104 valence electrons. The highest BCUT2D eigenvalue weighted by atomic mass is 16.6. The molecule has 7 heteroatoms. The molecule has 20 heavy (non-hydrogen) atoms. The standard InChI is InChI=1S/C13H12N2O5/c1-3-19-13(16)11-12(20-7-14-11)9-6-8(2)4-5-10(9)15(17)18/h4-7H,3H2,1-2H3. The van der Waals surface area contributed by atoms with Gasteiger partial charge in [-0.05, 0) is 25.5 Å². The quantitative estimate of drug-likeness (QED) is 0.484. The number of aryl methyl sites for hydroxylation is 1. The number of ether oxygens (including phenoxy) is 1. The second kappa shape index (κ2) is 5.52. The third kappa shape index (κ3) is 2.51. The Bertz CT molecular complexity index is 663. The Balaban J connectivity index is 2.57. The first-order valence-corrected chi connectivity index (χ1v) is 5.90. The Morgan fingerprint density at radius 2 is 2.25 bits per heavy atom. The molecule has 0 aliphatic carbocycles. The van der Waals surface area contributed by atoms with Crippen molar-refractivity contribution in [1.82, 2.24) is 4.98 Å². The van der Waals surface area contributed by atoms with E-state index in [1.165, 1.54) is 6.07 Å². The lowest BCUT2D eigenvalue weighted by Gasteiger charge is -2.03. The highest BCUT2D eigenvalue weighted by Crippen LogP contribution is 2.33. The van der Waals surface area contributed by atoms with Gasteiger partial charge in [-0.1, -0.05) is 6.07 Å². The highest BCUT2D eigenvalue weighted by Gasteiger charge is 2.25. The average Bonchev–Trinajstić information content (AvgIpc) is 2.87. The molecule has 1 aromatic heterocycles. The van der Waals surface area contributed by atoms with Crippen molar-refractivity contribution in [3.05, 3.63) is 46.0 Å². The molecule has 7 nitrogen and oxygen atoms in total. The van der Waals surface area contributed by atoms with Crippen molar-refractivity contribution in [2.45, 2.75) is 13.8 Å². The fraction of sp³-hybridized carbons (Fsp3) is 0.231. The van der Waals surface area contributed by atoms with E-state index in [1.54, 1.807) is 26.0 Å². The van der Waals surface area contributed by atoms with Crippen molar-refractivity contribution in [1.29, 1.82) is 0 Å². The molecule has 2 rings (SSSR count). The van der Waals surface area contributed by atoms with Gasteiger partial charge in [-0.3, -0.25) is 10.1 Å². The Hall–Kier alpha value is -2.70. The number of esters is 1. The first-order chi connectivity index (χ1) is 9.54. The number of benzene rings is 1. The van der Waals surface area contributed by atoms with Crippen LogP contribution in [0.5, 0.6) is 0 Å². The zero-order valence-electron chi connectivity index (χ0n) is 11.0. The zero-order chi connectivity index (χ0) is 14.7. The summed E-state index contributed by atoms with van der Waals surface area (Å²) in [4.78, 5) is 26.1. The summed E-state index contributed by atoms with van der Waals surface area (Å²) in [6, 6.07) is 4.55. The van der Waals surface area contributed by atoms with Gasteiger partial charge in [-0.15, -0.1) is 0 Å². The number of hydrogen-bond donors (Lipinski definition) is 0. The molecule has 0 saturated carbocycles. The van der Waals surface area contributed by atoms with E-state index < -0.39 is 10.9 Å². The molecule has 0 fully saturated rings. The van der Waals surface area contributed by atoms with Crippen LogP contribution >= 0.6 is 0 Å². The Labute approximate surface area is 114 Å². The average molecular weight is 276 g/mol. The summed E-state index contributed by atoms with van der Waals surface area (Å²) in [6.45, 7) is 3.63. The summed E-state index contributed by atoms with van der Waals surface area (Å²) in [6.07, 6.45) is 1.06. The van der Waals surface area contributed by atoms with E-state index in [-0.39, 0.29) is 29.3 Å². The monoisotopic (exact) mass is 276 g/mol. The summed E-state index contributed by atoms with van der Waals surface area (Å²) < 4.78 is 10.00. The molecule has 1 aromatic carbocycles. The van der Waals surface area contributed by atoms with Crippen molar-refractivity contribution < 1.29 is 18.9 Å². The summed E-state index contributed by atoms with van der Waals surface area (Å²) in [5.41, 5.74) is 0.783. The van der Waals surface area contributed by atoms with Crippen LogP contribution in [0.3, 0.4) is 0 Å². The largest absolute Gasteiger partial charge is 0.461 e. The molecule has 2 aromatic rings. The number of oxazole rings is 1. The minimum absolute atomic E-state index is 0.0406. The third-order valence-electron chi connectivity index (χ3n) is 2.63. The summed E-state index contributed by atoms with van der Waals surface area (Å²) >= 11 is 0. The third-order valence-corrected chi connectivity index (χ3v) is 2.63. The van der Waals surface area contributed by atoms with Crippen LogP contribution in [0.2, 0.25) is 0 Å². The molecule has 0 spiro atoms. The van der Waals surface area contributed by atoms with E-state index in [0.717, 1.165) is 12.0 Å². The number of carbonyl (C=O) groups is 1. The van der Waals surface area contributed by atoms with Gasteiger partial charge in [0, 0.05) is 6.07 Å². The van der Waals surface area contributed by atoms with Gasteiger partial charge in [-0.2, -0.15) is 0 Å². The number of rotatable bonds is 4. The fourth-order valence-electron chi connectivity index (χ4n) is 1.77. The molecule has 1 heterocycles. The molecule has 0 saturated heterocycles. The van der Waals surface area contributed by atoms with Gasteiger partial charge in [-0.25, -0.2) is 9.78 Å². The lowest BCUT2D eigenvalue weighted by Crippen LogP contribution is -2.07. The van der Waals surface area contributed by atoms with Gasteiger partial charge in [0.1, 0.15) is 0 Å². The maximum Gasteiger partial charge on any atom is 0.360 e. The number of nitro groups is 1. The van der Waals surface area contributed by atoms with Crippen molar-refractivity contribution in [3.63, 3.8) is 0 Å². The van der Waals surface area contributed by atoms with Crippen LogP contribution in [0.15, 0.2) is 29.0 Å². The van der Waals surface area contributed by atoms with Gasteiger partial charge in [0.05, 0.1) is 17.1 Å². The summed E-state index contributed by atoms with van der Waals surface area (Å²) in [5.74, 6) is -0.633. The van der Waals surface area contributed by atoms with E-state index >= 15 is 0 Å². The smallest absolute Gasteiger partial charge is 0.360 e. The zero-order valence-corrected chi connectivity index (χ0v) is 11.0. The Morgan fingerprint density at radius 3 is 2.90 bits per heavy atom. The van der Waals surface area contributed by atoms with Crippen LogP contribution in [0.4, 0.5) is 5.69 Å². The van der Waals surface area contributed by atoms with E-state index in [2.05, 4.69) is 4.98 Å². The maximum absolute atomic E-state index is 11.8. The molecular weight excluding hydrogens is 264 g/mol. The van der Waals surface area contributed by atoms with Gasteiger partial charge in [0.15, 0.2) is 17.8 Å². The van der Waals surface area contributed by atoms with Gasteiger partial charge >= 0.3 is 5.97 Å². The number of nitrogens with zero attached hydrogens (tertiary/aromatic N) is 2. The predicted octanol–water partition coefficient (Wildman–Crippen LogP) is 2.73.